The van der Waals surface area contributed by atoms with E-state index in [1.807, 2.05) is 0 Å². The Morgan fingerprint density at radius 2 is 0.783 bits per heavy atom. The van der Waals surface area contributed by atoms with Crippen molar-refractivity contribution in [3.63, 3.8) is 0 Å². The zero-order chi connectivity index (χ0) is 19.3. The molecule has 0 aromatic rings. The minimum atomic E-state index is -1.08. The molecule has 0 aromatic heterocycles. The molecule has 0 aliphatic heterocycles. The van der Waals surface area contributed by atoms with Crippen LogP contribution >= 0.6 is 0 Å². The number of carboxylic acids is 4. The molecule has 0 amide bonds. The van der Waals surface area contributed by atoms with Crippen LogP contribution in [0.5, 0.6) is 0 Å². The summed E-state index contributed by atoms with van der Waals surface area (Å²) in [5, 5.41) is 35.6. The average molecular weight is 416 g/mol. The van der Waals surface area contributed by atoms with E-state index in [0.29, 0.717) is 6.61 Å². The van der Waals surface area contributed by atoms with Crippen molar-refractivity contribution in [2.45, 2.75) is 41.5 Å². The van der Waals surface area contributed by atoms with Crippen LogP contribution in [0.2, 0.25) is 0 Å². The smallest absolute Gasteiger partial charge is 0.550 e. The summed E-state index contributed by atoms with van der Waals surface area (Å²) in [6.45, 7) is 7.54. The molecule has 0 heterocycles. The first kappa shape index (κ1) is 37.5. The molecule has 23 heavy (non-hydrogen) atoms. The molecule has 0 saturated heterocycles. The van der Waals surface area contributed by atoms with Gasteiger partial charge in [0.2, 0.25) is 0 Å². The summed E-state index contributed by atoms with van der Waals surface area (Å²) in [6, 6.07) is 0. The molecule has 132 valence electrons. The number of hydrogen-bond acceptors (Lipinski definition) is 10. The van der Waals surface area contributed by atoms with Crippen LogP contribution in [0.1, 0.15) is 41.5 Å². The van der Waals surface area contributed by atoms with Gasteiger partial charge in [-0.1, -0.05) is 0 Å². The fourth-order valence-electron chi connectivity index (χ4n) is 0.203. The molecule has 0 aliphatic rings. The summed E-state index contributed by atoms with van der Waals surface area (Å²) in [5.74, 6) is -4.54. The van der Waals surface area contributed by atoms with Gasteiger partial charge >= 0.3 is 32.2 Å². The van der Waals surface area contributed by atoms with Crippen LogP contribution in [0, 0.1) is 0 Å². The van der Waals surface area contributed by atoms with Crippen molar-refractivity contribution in [1.29, 1.82) is 0 Å². The maximum atomic E-state index is 9.82. The third kappa shape index (κ3) is 4420. The third-order valence-corrected chi connectivity index (χ3v) is 0.348. The van der Waals surface area contributed by atoms with E-state index in [9.17, 15) is 4.79 Å². The molecular weight excluding hydrogens is 395 g/mol. The van der Waals surface area contributed by atoms with Gasteiger partial charge < -0.3 is 44.3 Å². The molecule has 11 heteroatoms. The fraction of sp³-hybridized carbons (Fsp3) is 0.583. The molecule has 0 atom stereocenters. The number of rotatable bonds is 1. The molecule has 10 nitrogen and oxygen atoms in total. The average Bonchev–Trinajstić information content (AvgIpc) is 2.12. The SMILES string of the molecule is CC(=O)[O-].CC(=O)[O-].CC(=O)[O-].CC(=O)[O-].CCOC(C)=O.[Zr+4]. The van der Waals surface area contributed by atoms with E-state index >= 15 is 0 Å². The summed E-state index contributed by atoms with van der Waals surface area (Å²) in [5.41, 5.74) is 0. The second-order valence-electron chi connectivity index (χ2n) is 2.89. The molecule has 0 saturated carbocycles. The van der Waals surface area contributed by atoms with E-state index in [4.69, 9.17) is 39.6 Å². The van der Waals surface area contributed by atoms with Crippen molar-refractivity contribution in [3.8, 4) is 0 Å². The summed E-state index contributed by atoms with van der Waals surface area (Å²) in [7, 11) is 0. The fourth-order valence-corrected chi connectivity index (χ4v) is 0.203. The van der Waals surface area contributed by atoms with Crippen molar-refractivity contribution in [2.75, 3.05) is 6.61 Å². The van der Waals surface area contributed by atoms with Crippen LogP contribution in [0.3, 0.4) is 0 Å². The molecule has 0 radical (unpaired) electrons. The second kappa shape index (κ2) is 32.3. The van der Waals surface area contributed by atoms with Crippen molar-refractivity contribution in [2.24, 2.45) is 0 Å². The van der Waals surface area contributed by atoms with Gasteiger partial charge in [0.15, 0.2) is 0 Å². The number of carbonyl (C=O) groups excluding carboxylic acids is 5. The van der Waals surface area contributed by atoms with Crippen LogP contribution < -0.4 is 20.4 Å². The van der Waals surface area contributed by atoms with Crippen molar-refractivity contribution >= 4 is 29.8 Å². The molecule has 0 aromatic carbocycles. The minimum Gasteiger partial charge on any atom is -0.550 e. The van der Waals surface area contributed by atoms with E-state index in [-0.39, 0.29) is 32.2 Å². The third-order valence-electron chi connectivity index (χ3n) is 0.348. The van der Waals surface area contributed by atoms with E-state index in [2.05, 4.69) is 4.74 Å². The summed E-state index contributed by atoms with van der Waals surface area (Å²) in [6.07, 6.45) is 0. The van der Waals surface area contributed by atoms with Gasteiger partial charge in [-0.05, 0) is 34.6 Å². The number of ether oxygens (including phenoxy) is 1. The van der Waals surface area contributed by atoms with Crippen LogP contribution in [0.4, 0.5) is 0 Å². The Hall–Kier alpha value is -1.77. The zero-order valence-corrected chi connectivity index (χ0v) is 16.2. The number of carboxylic acid groups (broad SMARTS) is 4. The normalized spacial score (nSPS) is 6.35. The zero-order valence-electron chi connectivity index (χ0n) is 13.8. The van der Waals surface area contributed by atoms with Crippen LogP contribution in [-0.4, -0.2) is 36.5 Å². The van der Waals surface area contributed by atoms with Gasteiger partial charge in [0, 0.05) is 30.8 Å². The Morgan fingerprint density at radius 1 is 0.652 bits per heavy atom. The van der Waals surface area contributed by atoms with Gasteiger partial charge in [-0.3, -0.25) is 4.79 Å². The van der Waals surface area contributed by atoms with E-state index < -0.39 is 23.9 Å². The standard InChI is InChI=1S/C4H8O2.4C2H4O2.Zr/c1-3-6-4(2)5;4*1-2(3)4;/h3H2,1-2H3;4*1H3,(H,3,4);/q;;;;;+4/p-4. The van der Waals surface area contributed by atoms with Gasteiger partial charge in [0.05, 0.1) is 6.61 Å². The molecule has 0 bridgehead atoms. The van der Waals surface area contributed by atoms with Gasteiger partial charge in [0.25, 0.3) is 0 Å². The van der Waals surface area contributed by atoms with Gasteiger partial charge in [-0.15, -0.1) is 0 Å². The Balaban J connectivity index is -0.0000000393. The minimum absolute atomic E-state index is 0. The molecule has 0 fully saturated rings. The molecule has 0 unspecified atom stereocenters. The molecule has 0 aliphatic carbocycles. The Morgan fingerprint density at radius 3 is 0.783 bits per heavy atom. The quantitative estimate of drug-likeness (QED) is 0.378. The topological polar surface area (TPSA) is 187 Å². The monoisotopic (exact) mass is 414 g/mol. The first-order chi connectivity index (χ1) is 9.70. The van der Waals surface area contributed by atoms with Crippen LogP contribution in [-0.2, 0) is 54.9 Å². The molecular formula is C12H20O10Zr. The van der Waals surface area contributed by atoms with E-state index in [0.717, 1.165) is 27.7 Å². The van der Waals surface area contributed by atoms with Crippen molar-refractivity contribution < 1.29 is 75.3 Å². The van der Waals surface area contributed by atoms with E-state index in [1.54, 1.807) is 6.92 Å². The van der Waals surface area contributed by atoms with E-state index in [1.165, 1.54) is 6.92 Å². The maximum absolute atomic E-state index is 9.82. The number of carbonyl (C=O) groups is 5. The molecule has 0 rings (SSSR count). The Kier molecular flexibility index (Phi) is 52.5. The Labute approximate surface area is 153 Å². The first-order valence-corrected chi connectivity index (χ1v) is 5.54. The van der Waals surface area contributed by atoms with Crippen LogP contribution in [0.15, 0.2) is 0 Å². The summed E-state index contributed by atoms with van der Waals surface area (Å²) in [4.78, 5) is 45.4. The van der Waals surface area contributed by atoms with Crippen LogP contribution in [0.25, 0.3) is 0 Å². The predicted octanol–water partition coefficient (Wildman–Crippen LogP) is -4.41. The second-order valence-corrected chi connectivity index (χ2v) is 2.89. The van der Waals surface area contributed by atoms with Crippen molar-refractivity contribution in [3.05, 3.63) is 0 Å². The molecule has 0 N–H and O–H groups in total. The van der Waals surface area contributed by atoms with Gasteiger partial charge in [0.1, 0.15) is 0 Å². The summed E-state index contributed by atoms with van der Waals surface area (Å²) >= 11 is 0. The number of hydrogen-bond donors (Lipinski definition) is 0. The van der Waals surface area contributed by atoms with Crippen molar-refractivity contribution in [1.82, 2.24) is 0 Å². The molecule has 0 spiro atoms. The number of aliphatic carboxylic acids is 4. The largest absolute Gasteiger partial charge is 4.00 e. The Bertz CT molecular complexity index is 264. The predicted molar refractivity (Wildman–Crippen MR) is 65.0 cm³/mol. The van der Waals surface area contributed by atoms with Gasteiger partial charge in [-0.25, -0.2) is 0 Å². The number of esters is 1. The summed E-state index contributed by atoms with van der Waals surface area (Å²) < 4.78 is 4.40. The first-order valence-electron chi connectivity index (χ1n) is 5.54. The maximum Gasteiger partial charge on any atom is 4.00 e. The van der Waals surface area contributed by atoms with Gasteiger partial charge in [-0.2, -0.15) is 0 Å².